The number of carbonyl (C=O) groups is 1. The molecule has 0 fully saturated rings. The second-order valence-corrected chi connectivity index (χ2v) is 4.82. The van der Waals surface area contributed by atoms with E-state index in [4.69, 9.17) is 9.47 Å². The summed E-state index contributed by atoms with van der Waals surface area (Å²) >= 11 is 0. The lowest BCUT2D eigenvalue weighted by atomic mass is 10.1. The van der Waals surface area contributed by atoms with Crippen LogP contribution in [-0.4, -0.2) is 24.0 Å². The predicted octanol–water partition coefficient (Wildman–Crippen LogP) is 2.74. The molecule has 2 heterocycles. The van der Waals surface area contributed by atoms with Crippen molar-refractivity contribution in [3.8, 4) is 5.75 Å². The summed E-state index contributed by atoms with van der Waals surface area (Å²) in [6, 6.07) is 9.21. The Morgan fingerprint density at radius 2 is 1.95 bits per heavy atom. The number of methoxy groups -OCH3 is 1. The number of hydrogen-bond donors (Lipinski definition) is 0. The molecule has 3 rings (SSSR count). The first-order chi connectivity index (χ1) is 10.7. The molecule has 0 saturated heterocycles. The number of benzene rings is 1. The lowest BCUT2D eigenvalue weighted by Gasteiger charge is -2.05. The first-order valence-corrected chi connectivity index (χ1v) is 6.75. The van der Waals surface area contributed by atoms with Crippen molar-refractivity contribution in [1.82, 2.24) is 4.98 Å². The second-order valence-electron chi connectivity index (χ2n) is 4.82. The van der Waals surface area contributed by atoms with E-state index in [1.807, 2.05) is 25.1 Å². The molecule has 0 unspecified atom stereocenters. The maximum Gasteiger partial charge on any atom is 0.363 e. The minimum absolute atomic E-state index is 0.246. The van der Waals surface area contributed by atoms with Gasteiger partial charge in [-0.1, -0.05) is 11.6 Å². The Morgan fingerprint density at radius 1 is 1.18 bits per heavy atom. The molecule has 1 aromatic heterocycles. The molecule has 5 heteroatoms. The van der Waals surface area contributed by atoms with E-state index in [2.05, 4.69) is 9.98 Å². The SMILES string of the molecule is COc1ccc(C)cc1/C=C1/N=C(c2ccncc2)OC1=O. The third kappa shape index (κ3) is 2.74. The molecule has 0 atom stereocenters. The molecule has 1 aliphatic heterocycles. The number of nitrogens with zero attached hydrogens (tertiary/aromatic N) is 2. The Labute approximate surface area is 127 Å². The molecule has 1 aromatic carbocycles. The summed E-state index contributed by atoms with van der Waals surface area (Å²) in [5.74, 6) is 0.485. The Balaban J connectivity index is 2.00. The molecular formula is C17H14N2O3. The van der Waals surface area contributed by atoms with Crippen molar-refractivity contribution in [2.75, 3.05) is 7.11 Å². The van der Waals surface area contributed by atoms with Gasteiger partial charge in [0.2, 0.25) is 5.90 Å². The maximum atomic E-state index is 12.0. The number of aryl methyl sites for hydroxylation is 1. The fourth-order valence-electron chi connectivity index (χ4n) is 2.14. The van der Waals surface area contributed by atoms with Crippen LogP contribution in [0.5, 0.6) is 5.75 Å². The van der Waals surface area contributed by atoms with E-state index in [0.29, 0.717) is 11.3 Å². The molecule has 0 saturated carbocycles. The highest BCUT2D eigenvalue weighted by Crippen LogP contribution is 2.25. The van der Waals surface area contributed by atoms with E-state index in [9.17, 15) is 4.79 Å². The van der Waals surface area contributed by atoms with E-state index in [0.717, 1.165) is 11.1 Å². The molecule has 2 aromatic rings. The normalized spacial score (nSPS) is 15.6. The molecule has 0 radical (unpaired) electrons. The molecular weight excluding hydrogens is 280 g/mol. The lowest BCUT2D eigenvalue weighted by molar-refractivity contribution is -0.129. The quantitative estimate of drug-likeness (QED) is 0.645. The Morgan fingerprint density at radius 3 is 2.68 bits per heavy atom. The molecule has 1 aliphatic rings. The Bertz CT molecular complexity index is 780. The zero-order valence-corrected chi connectivity index (χ0v) is 12.2. The number of pyridine rings is 1. The van der Waals surface area contributed by atoms with Crippen LogP contribution >= 0.6 is 0 Å². The van der Waals surface area contributed by atoms with Gasteiger partial charge in [0, 0.05) is 23.5 Å². The molecule has 110 valence electrons. The van der Waals surface area contributed by atoms with Gasteiger partial charge in [-0.15, -0.1) is 0 Å². The summed E-state index contributed by atoms with van der Waals surface area (Å²) in [5.41, 5.74) is 2.81. The highest BCUT2D eigenvalue weighted by molar-refractivity contribution is 6.12. The maximum absolute atomic E-state index is 12.0. The molecule has 0 bridgehead atoms. The van der Waals surface area contributed by atoms with Gasteiger partial charge in [-0.25, -0.2) is 9.79 Å². The smallest absolute Gasteiger partial charge is 0.363 e. The summed E-state index contributed by atoms with van der Waals surface area (Å²) in [4.78, 5) is 20.2. The number of aliphatic imine (C=N–C) groups is 1. The van der Waals surface area contributed by atoms with Gasteiger partial charge in [-0.3, -0.25) is 4.98 Å². The predicted molar refractivity (Wildman–Crippen MR) is 82.6 cm³/mol. The molecule has 0 spiro atoms. The third-order valence-electron chi connectivity index (χ3n) is 3.23. The topological polar surface area (TPSA) is 60.8 Å². The van der Waals surface area contributed by atoms with Crippen molar-refractivity contribution in [1.29, 1.82) is 0 Å². The summed E-state index contributed by atoms with van der Waals surface area (Å²) < 4.78 is 10.5. The number of cyclic esters (lactones) is 1. The number of esters is 1. The van der Waals surface area contributed by atoms with Crippen LogP contribution in [-0.2, 0) is 9.53 Å². The lowest BCUT2D eigenvalue weighted by Crippen LogP contribution is -2.05. The van der Waals surface area contributed by atoms with E-state index < -0.39 is 5.97 Å². The van der Waals surface area contributed by atoms with Crippen molar-refractivity contribution in [2.24, 2.45) is 4.99 Å². The molecule has 5 nitrogen and oxygen atoms in total. The van der Waals surface area contributed by atoms with E-state index in [1.54, 1.807) is 37.7 Å². The van der Waals surface area contributed by atoms with Crippen molar-refractivity contribution in [3.63, 3.8) is 0 Å². The van der Waals surface area contributed by atoms with Crippen molar-refractivity contribution < 1.29 is 14.3 Å². The minimum Gasteiger partial charge on any atom is -0.496 e. The van der Waals surface area contributed by atoms with Gasteiger partial charge in [0.25, 0.3) is 0 Å². The standard InChI is InChI=1S/C17H14N2O3/c1-11-3-4-15(21-2)13(9-11)10-14-17(20)22-16(19-14)12-5-7-18-8-6-12/h3-10H,1-2H3/b14-10+. The molecule has 0 aliphatic carbocycles. The fraction of sp³-hybridized carbons (Fsp3) is 0.118. The highest BCUT2D eigenvalue weighted by Gasteiger charge is 2.24. The van der Waals surface area contributed by atoms with Gasteiger partial charge < -0.3 is 9.47 Å². The first-order valence-electron chi connectivity index (χ1n) is 6.75. The molecule has 0 amide bonds. The van der Waals surface area contributed by atoms with Crippen molar-refractivity contribution in [3.05, 3.63) is 65.1 Å². The number of carbonyl (C=O) groups excluding carboxylic acids is 1. The number of ether oxygens (including phenoxy) is 2. The molecule has 0 N–H and O–H groups in total. The van der Waals surface area contributed by atoms with Crippen LogP contribution in [0.1, 0.15) is 16.7 Å². The van der Waals surface area contributed by atoms with Crippen LogP contribution in [0.2, 0.25) is 0 Å². The number of aromatic nitrogens is 1. The van der Waals surface area contributed by atoms with Crippen LogP contribution in [0.15, 0.2) is 53.4 Å². The van der Waals surface area contributed by atoms with Gasteiger partial charge >= 0.3 is 5.97 Å². The first kappa shape index (κ1) is 14.0. The summed E-state index contributed by atoms with van der Waals surface area (Å²) in [7, 11) is 1.59. The molecule has 22 heavy (non-hydrogen) atoms. The monoisotopic (exact) mass is 294 g/mol. The van der Waals surface area contributed by atoms with Crippen LogP contribution in [0.3, 0.4) is 0 Å². The summed E-state index contributed by atoms with van der Waals surface area (Å²) in [5, 5.41) is 0. The average Bonchev–Trinajstić information content (AvgIpc) is 2.90. The van der Waals surface area contributed by atoms with Gasteiger partial charge in [0.1, 0.15) is 5.75 Å². The van der Waals surface area contributed by atoms with Crippen LogP contribution in [0.4, 0.5) is 0 Å². The van der Waals surface area contributed by atoms with Gasteiger partial charge in [0.15, 0.2) is 5.70 Å². The largest absolute Gasteiger partial charge is 0.496 e. The third-order valence-corrected chi connectivity index (χ3v) is 3.23. The van der Waals surface area contributed by atoms with E-state index >= 15 is 0 Å². The summed E-state index contributed by atoms with van der Waals surface area (Å²) in [6.45, 7) is 1.97. The van der Waals surface area contributed by atoms with Gasteiger partial charge in [0.05, 0.1) is 7.11 Å². The average molecular weight is 294 g/mol. The second kappa shape index (κ2) is 5.81. The van der Waals surface area contributed by atoms with Crippen LogP contribution < -0.4 is 4.74 Å². The number of hydrogen-bond acceptors (Lipinski definition) is 5. The van der Waals surface area contributed by atoms with Crippen molar-refractivity contribution >= 4 is 17.9 Å². The summed E-state index contributed by atoms with van der Waals surface area (Å²) in [6.07, 6.45) is 4.91. The van der Waals surface area contributed by atoms with Crippen LogP contribution in [0, 0.1) is 6.92 Å². The van der Waals surface area contributed by atoms with E-state index in [-0.39, 0.29) is 11.6 Å². The van der Waals surface area contributed by atoms with Crippen molar-refractivity contribution in [2.45, 2.75) is 6.92 Å². The fourth-order valence-corrected chi connectivity index (χ4v) is 2.14. The van der Waals surface area contributed by atoms with Gasteiger partial charge in [-0.2, -0.15) is 0 Å². The Hall–Kier alpha value is -2.95. The zero-order chi connectivity index (χ0) is 15.5. The van der Waals surface area contributed by atoms with Crippen LogP contribution in [0.25, 0.3) is 6.08 Å². The highest BCUT2D eigenvalue weighted by atomic mass is 16.6. The minimum atomic E-state index is -0.477. The number of rotatable bonds is 3. The zero-order valence-electron chi connectivity index (χ0n) is 12.2. The van der Waals surface area contributed by atoms with E-state index in [1.165, 1.54) is 0 Å². The van der Waals surface area contributed by atoms with Gasteiger partial charge in [-0.05, 0) is 37.3 Å². The Kier molecular flexibility index (Phi) is 3.70.